The smallest absolute Gasteiger partial charge is 0.169 e. The highest BCUT2D eigenvalue weighted by Gasteiger charge is 2.48. The van der Waals surface area contributed by atoms with Gasteiger partial charge in [-0.3, -0.25) is 0 Å². The zero-order valence-electron chi connectivity index (χ0n) is 9.30. The molecule has 3 nitrogen and oxygen atoms in total. The molecule has 1 atom stereocenters. The second kappa shape index (κ2) is 3.37. The minimum atomic E-state index is -0.885. The lowest BCUT2D eigenvalue weighted by molar-refractivity contribution is 0.522. The molecule has 0 aliphatic carbocycles. The van der Waals surface area contributed by atoms with E-state index in [1.165, 1.54) is 0 Å². The number of anilines is 1. The van der Waals surface area contributed by atoms with Gasteiger partial charge in [-0.2, -0.15) is 10.5 Å². The van der Waals surface area contributed by atoms with Crippen LogP contribution in [0.15, 0.2) is 30.3 Å². The predicted octanol–water partition coefficient (Wildman–Crippen LogP) is 2.33. The lowest BCUT2D eigenvalue weighted by Gasteiger charge is -2.32. The summed E-state index contributed by atoms with van der Waals surface area (Å²) in [6, 6.07) is 12.4. The molecule has 0 amide bonds. The molecule has 0 bridgehead atoms. The van der Waals surface area contributed by atoms with Crippen molar-refractivity contribution in [2.24, 2.45) is 5.41 Å². The van der Waals surface area contributed by atoms with E-state index < -0.39 is 5.41 Å². The van der Waals surface area contributed by atoms with Crippen molar-refractivity contribution in [1.29, 1.82) is 10.5 Å². The zero-order chi connectivity index (χ0) is 11.9. The Morgan fingerprint density at radius 2 is 2.00 bits per heavy atom. The summed E-state index contributed by atoms with van der Waals surface area (Å²) in [5.74, 6) is 0. The first-order valence-corrected chi connectivity index (χ1v) is 5.67. The van der Waals surface area contributed by atoms with Crippen LogP contribution in [-0.2, 0) is 0 Å². The van der Waals surface area contributed by atoms with Gasteiger partial charge in [0.1, 0.15) is 0 Å². The van der Waals surface area contributed by atoms with Crippen LogP contribution in [-0.4, -0.2) is 12.6 Å². The number of nitriles is 2. The maximum Gasteiger partial charge on any atom is 0.169 e. The van der Waals surface area contributed by atoms with Crippen molar-refractivity contribution in [3.63, 3.8) is 0 Å². The van der Waals surface area contributed by atoms with Gasteiger partial charge < -0.3 is 4.90 Å². The van der Waals surface area contributed by atoms with Crippen LogP contribution in [0.4, 0.5) is 5.69 Å². The molecule has 1 aromatic rings. The first-order valence-electron chi connectivity index (χ1n) is 5.67. The Balaban J connectivity index is 2.11. The summed E-state index contributed by atoms with van der Waals surface area (Å²) in [5.41, 5.74) is 1.41. The lowest BCUT2D eigenvalue weighted by Crippen LogP contribution is -2.38. The minimum Gasteiger partial charge on any atom is -0.362 e. The maximum absolute atomic E-state index is 9.27. The summed E-state index contributed by atoms with van der Waals surface area (Å²) in [6.45, 7) is 0.771. The number of hydrogen-bond acceptors (Lipinski definition) is 3. The molecule has 2 heterocycles. The minimum absolute atomic E-state index is 0.104. The van der Waals surface area contributed by atoms with Crippen molar-refractivity contribution in [1.82, 2.24) is 0 Å². The first kappa shape index (κ1) is 9.93. The number of rotatable bonds is 0. The highest BCUT2D eigenvalue weighted by atomic mass is 15.2. The third kappa shape index (κ3) is 1.20. The Bertz CT molecular complexity index is 560. The van der Waals surface area contributed by atoms with Crippen LogP contribution in [0.5, 0.6) is 0 Å². The molecule has 2 aliphatic heterocycles. The monoisotopic (exact) mass is 221 g/mol. The molecule has 17 heavy (non-hydrogen) atoms. The van der Waals surface area contributed by atoms with Gasteiger partial charge in [0.15, 0.2) is 5.41 Å². The number of hydrogen-bond donors (Lipinski definition) is 0. The second-order valence-electron chi connectivity index (χ2n) is 4.50. The van der Waals surface area contributed by atoms with Gasteiger partial charge in [0.2, 0.25) is 0 Å². The molecule has 1 unspecified atom stereocenters. The van der Waals surface area contributed by atoms with E-state index >= 15 is 0 Å². The molecule has 1 fully saturated rings. The fourth-order valence-electron chi connectivity index (χ4n) is 2.74. The Morgan fingerprint density at radius 1 is 1.24 bits per heavy atom. The molecular formula is C14H11N3. The SMILES string of the molecule is N#CC1(C#N)CCN2c3ccccc3C=CC21. The zero-order valence-corrected chi connectivity index (χ0v) is 9.30. The molecule has 1 saturated heterocycles. The molecule has 1 aromatic carbocycles. The summed E-state index contributed by atoms with van der Waals surface area (Å²) in [5, 5.41) is 18.5. The number of benzene rings is 1. The quantitative estimate of drug-likeness (QED) is 0.675. The Kier molecular flexibility index (Phi) is 1.97. The fraction of sp³-hybridized carbons (Fsp3) is 0.286. The van der Waals surface area contributed by atoms with Crippen molar-refractivity contribution in [3.8, 4) is 12.1 Å². The molecule has 0 saturated carbocycles. The van der Waals surface area contributed by atoms with Crippen molar-refractivity contribution in [3.05, 3.63) is 35.9 Å². The van der Waals surface area contributed by atoms with E-state index in [2.05, 4.69) is 29.2 Å². The topological polar surface area (TPSA) is 50.8 Å². The normalized spacial score (nSPS) is 23.4. The molecule has 0 radical (unpaired) electrons. The maximum atomic E-state index is 9.27. The summed E-state index contributed by atoms with van der Waals surface area (Å²) in [6.07, 6.45) is 4.62. The predicted molar refractivity (Wildman–Crippen MR) is 64.9 cm³/mol. The molecule has 0 spiro atoms. The van der Waals surface area contributed by atoms with Gasteiger partial charge in [0, 0.05) is 12.2 Å². The van der Waals surface area contributed by atoms with Crippen molar-refractivity contribution in [2.75, 3.05) is 11.4 Å². The van der Waals surface area contributed by atoms with Crippen LogP contribution < -0.4 is 4.90 Å². The summed E-state index contributed by atoms with van der Waals surface area (Å²) in [7, 11) is 0. The molecule has 3 rings (SSSR count). The second-order valence-corrected chi connectivity index (χ2v) is 4.50. The van der Waals surface area contributed by atoms with E-state index in [0.717, 1.165) is 17.8 Å². The van der Waals surface area contributed by atoms with E-state index in [-0.39, 0.29) is 6.04 Å². The van der Waals surface area contributed by atoms with Crippen LogP contribution in [0.2, 0.25) is 0 Å². The Hall–Kier alpha value is -2.26. The Labute approximate surface area is 100 Å². The highest BCUT2D eigenvalue weighted by Crippen LogP contribution is 2.43. The molecular weight excluding hydrogens is 210 g/mol. The molecule has 3 heteroatoms. The van der Waals surface area contributed by atoms with Gasteiger partial charge in [-0.05, 0) is 18.1 Å². The number of fused-ring (bicyclic) bond motifs is 3. The average molecular weight is 221 g/mol. The number of para-hydroxylation sites is 1. The summed E-state index contributed by atoms with van der Waals surface area (Å²) < 4.78 is 0. The van der Waals surface area contributed by atoms with E-state index in [9.17, 15) is 10.5 Å². The lowest BCUT2D eigenvalue weighted by atomic mass is 9.82. The van der Waals surface area contributed by atoms with Gasteiger partial charge in [-0.15, -0.1) is 0 Å². The fourth-order valence-corrected chi connectivity index (χ4v) is 2.74. The third-order valence-electron chi connectivity index (χ3n) is 3.69. The van der Waals surface area contributed by atoms with Crippen LogP contribution in [0, 0.1) is 28.1 Å². The highest BCUT2D eigenvalue weighted by molar-refractivity contribution is 5.74. The van der Waals surface area contributed by atoms with E-state index in [4.69, 9.17) is 0 Å². The largest absolute Gasteiger partial charge is 0.362 e. The van der Waals surface area contributed by atoms with Gasteiger partial charge in [-0.25, -0.2) is 0 Å². The van der Waals surface area contributed by atoms with Crippen molar-refractivity contribution >= 4 is 11.8 Å². The molecule has 2 aliphatic rings. The molecule has 82 valence electrons. The van der Waals surface area contributed by atoms with E-state index in [0.29, 0.717) is 6.42 Å². The van der Waals surface area contributed by atoms with Crippen molar-refractivity contribution < 1.29 is 0 Å². The summed E-state index contributed by atoms with van der Waals surface area (Å²) in [4.78, 5) is 2.17. The Morgan fingerprint density at radius 3 is 2.76 bits per heavy atom. The third-order valence-corrected chi connectivity index (χ3v) is 3.69. The van der Waals surface area contributed by atoms with Gasteiger partial charge >= 0.3 is 0 Å². The molecule has 0 N–H and O–H groups in total. The van der Waals surface area contributed by atoms with E-state index in [1.807, 2.05) is 24.3 Å². The van der Waals surface area contributed by atoms with Crippen LogP contribution in [0.3, 0.4) is 0 Å². The van der Waals surface area contributed by atoms with E-state index in [1.54, 1.807) is 0 Å². The average Bonchev–Trinajstić information content (AvgIpc) is 2.78. The van der Waals surface area contributed by atoms with Crippen molar-refractivity contribution in [2.45, 2.75) is 12.5 Å². The van der Waals surface area contributed by atoms with Gasteiger partial charge in [0.25, 0.3) is 0 Å². The standard InChI is InChI=1S/C14H11N3/c15-9-14(10-16)7-8-17-12-4-2-1-3-11(12)5-6-13(14)17/h1-6,13H,7-8H2. The van der Waals surface area contributed by atoms with Gasteiger partial charge in [-0.1, -0.05) is 30.4 Å². The summed E-state index contributed by atoms with van der Waals surface area (Å²) >= 11 is 0. The van der Waals surface area contributed by atoms with Crippen LogP contribution in [0.25, 0.3) is 6.08 Å². The molecule has 0 aromatic heterocycles. The van der Waals surface area contributed by atoms with Crippen LogP contribution in [0.1, 0.15) is 12.0 Å². The van der Waals surface area contributed by atoms with Gasteiger partial charge in [0.05, 0.1) is 18.2 Å². The first-order chi connectivity index (χ1) is 8.30. The number of nitrogens with zero attached hydrogens (tertiary/aromatic N) is 3. The van der Waals surface area contributed by atoms with Crippen LogP contribution >= 0.6 is 0 Å².